The smallest absolute Gasteiger partial charge is 0.303 e. The van der Waals surface area contributed by atoms with E-state index in [1.54, 1.807) is 6.92 Å². The molecule has 1 saturated heterocycles. The largest absolute Gasteiger partial charge is 0.481 e. The third-order valence-electron chi connectivity index (χ3n) is 3.30. The number of aliphatic carboxylic acids is 1. The molecule has 0 aliphatic carbocycles. The van der Waals surface area contributed by atoms with Crippen LogP contribution in [0.1, 0.15) is 18.4 Å². The van der Waals surface area contributed by atoms with E-state index in [0.29, 0.717) is 12.4 Å². The fourth-order valence-electron chi connectivity index (χ4n) is 2.42. The molecule has 2 rings (SSSR count). The number of carboxylic acids is 1. The molecule has 2 heterocycles. The van der Waals surface area contributed by atoms with Crippen molar-refractivity contribution in [3.8, 4) is 0 Å². The number of nitrogens with zero attached hydrogens (tertiary/aromatic N) is 3. The second-order valence-corrected chi connectivity index (χ2v) is 4.79. The van der Waals surface area contributed by atoms with Gasteiger partial charge in [0.25, 0.3) is 5.69 Å². The van der Waals surface area contributed by atoms with Gasteiger partial charge in [0.1, 0.15) is 12.0 Å². The molecule has 1 aliphatic heterocycles. The van der Waals surface area contributed by atoms with E-state index in [-0.39, 0.29) is 18.0 Å². The van der Waals surface area contributed by atoms with Crippen molar-refractivity contribution < 1.29 is 14.8 Å². The quantitative estimate of drug-likeness (QED) is 0.656. The number of carbonyl (C=O) groups is 1. The van der Waals surface area contributed by atoms with Gasteiger partial charge in [0.15, 0.2) is 0 Å². The highest BCUT2D eigenvalue weighted by atomic mass is 16.6. The predicted molar refractivity (Wildman–Crippen MR) is 68.2 cm³/mol. The van der Waals surface area contributed by atoms with Crippen LogP contribution in [0.15, 0.2) is 12.3 Å². The van der Waals surface area contributed by atoms with E-state index >= 15 is 0 Å². The summed E-state index contributed by atoms with van der Waals surface area (Å²) < 4.78 is 0. The van der Waals surface area contributed by atoms with Crippen LogP contribution >= 0.6 is 0 Å². The lowest BCUT2D eigenvalue weighted by atomic mass is 10.1. The lowest BCUT2D eigenvalue weighted by Gasteiger charge is -2.19. The molecule has 1 atom stereocenters. The van der Waals surface area contributed by atoms with Gasteiger partial charge in [-0.15, -0.1) is 0 Å². The van der Waals surface area contributed by atoms with Crippen LogP contribution in [0.2, 0.25) is 0 Å². The molecule has 7 nitrogen and oxygen atoms in total. The van der Waals surface area contributed by atoms with Crippen LogP contribution in [0.5, 0.6) is 0 Å². The molecular weight excluding hydrogens is 250 g/mol. The summed E-state index contributed by atoms with van der Waals surface area (Å²) in [7, 11) is 0. The van der Waals surface area contributed by atoms with Crippen molar-refractivity contribution >= 4 is 17.5 Å². The third-order valence-corrected chi connectivity index (χ3v) is 3.30. The summed E-state index contributed by atoms with van der Waals surface area (Å²) in [5.74, 6) is 0.0348. The second kappa shape index (κ2) is 5.21. The number of aryl methyl sites for hydroxylation is 1. The number of anilines is 1. The average molecular weight is 265 g/mol. The van der Waals surface area contributed by atoms with Crippen molar-refractivity contribution in [2.24, 2.45) is 5.92 Å². The van der Waals surface area contributed by atoms with Gasteiger partial charge in [-0.2, -0.15) is 0 Å². The zero-order valence-electron chi connectivity index (χ0n) is 10.6. The van der Waals surface area contributed by atoms with Gasteiger partial charge in [-0.05, 0) is 24.8 Å². The Kier molecular flexibility index (Phi) is 3.64. The van der Waals surface area contributed by atoms with E-state index in [0.717, 1.165) is 18.5 Å². The number of hydrogen-bond acceptors (Lipinski definition) is 5. The third kappa shape index (κ3) is 2.98. The summed E-state index contributed by atoms with van der Waals surface area (Å²) in [5, 5.41) is 19.4. The van der Waals surface area contributed by atoms with Gasteiger partial charge in [0.05, 0.1) is 4.92 Å². The SMILES string of the molecule is Cc1cc([N+](=O)[O-])cnc1N1CCC(CC(=O)O)C1. The van der Waals surface area contributed by atoms with E-state index in [1.165, 1.54) is 12.3 Å². The Hall–Kier alpha value is -2.18. The molecule has 0 saturated carbocycles. The molecule has 1 unspecified atom stereocenters. The van der Waals surface area contributed by atoms with Gasteiger partial charge in [-0.3, -0.25) is 14.9 Å². The number of aromatic nitrogens is 1. The van der Waals surface area contributed by atoms with E-state index in [4.69, 9.17) is 5.11 Å². The molecular formula is C12H15N3O4. The van der Waals surface area contributed by atoms with Crippen molar-refractivity contribution in [2.45, 2.75) is 19.8 Å². The normalized spacial score (nSPS) is 18.6. The minimum atomic E-state index is -0.791. The highest BCUT2D eigenvalue weighted by molar-refractivity contribution is 5.67. The highest BCUT2D eigenvalue weighted by Gasteiger charge is 2.26. The van der Waals surface area contributed by atoms with Gasteiger partial charge >= 0.3 is 5.97 Å². The molecule has 19 heavy (non-hydrogen) atoms. The van der Waals surface area contributed by atoms with E-state index in [1.807, 2.05) is 4.90 Å². The Morgan fingerprint density at radius 2 is 2.42 bits per heavy atom. The Morgan fingerprint density at radius 1 is 1.68 bits per heavy atom. The number of hydrogen-bond donors (Lipinski definition) is 1. The second-order valence-electron chi connectivity index (χ2n) is 4.79. The average Bonchev–Trinajstić information content (AvgIpc) is 2.76. The Morgan fingerprint density at radius 3 is 3.00 bits per heavy atom. The lowest BCUT2D eigenvalue weighted by molar-refractivity contribution is -0.385. The number of carboxylic acid groups (broad SMARTS) is 1. The fraction of sp³-hybridized carbons (Fsp3) is 0.500. The minimum Gasteiger partial charge on any atom is -0.481 e. The van der Waals surface area contributed by atoms with Gasteiger partial charge in [-0.25, -0.2) is 4.98 Å². The molecule has 1 aliphatic rings. The number of nitro groups is 1. The zero-order chi connectivity index (χ0) is 14.0. The molecule has 0 radical (unpaired) electrons. The monoisotopic (exact) mass is 265 g/mol. The van der Waals surface area contributed by atoms with Crippen molar-refractivity contribution in [2.75, 3.05) is 18.0 Å². The van der Waals surface area contributed by atoms with E-state index in [9.17, 15) is 14.9 Å². The summed E-state index contributed by atoms with van der Waals surface area (Å²) in [4.78, 5) is 27.0. The van der Waals surface area contributed by atoms with Crippen molar-refractivity contribution in [1.82, 2.24) is 4.98 Å². The van der Waals surface area contributed by atoms with E-state index < -0.39 is 10.9 Å². The first-order chi connectivity index (χ1) is 8.97. The van der Waals surface area contributed by atoms with Crippen molar-refractivity contribution in [1.29, 1.82) is 0 Å². The van der Waals surface area contributed by atoms with Crippen LogP contribution in [0.25, 0.3) is 0 Å². The molecule has 0 aromatic carbocycles. The van der Waals surface area contributed by atoms with Crippen LogP contribution in [-0.4, -0.2) is 34.1 Å². The first-order valence-corrected chi connectivity index (χ1v) is 6.05. The molecule has 1 aromatic heterocycles. The van der Waals surface area contributed by atoms with Crippen molar-refractivity contribution in [3.63, 3.8) is 0 Å². The van der Waals surface area contributed by atoms with Crippen LogP contribution in [0, 0.1) is 23.0 Å². The van der Waals surface area contributed by atoms with Crippen LogP contribution in [0.4, 0.5) is 11.5 Å². The molecule has 0 spiro atoms. The molecule has 1 fully saturated rings. The van der Waals surface area contributed by atoms with Gasteiger partial charge in [0, 0.05) is 25.6 Å². The first-order valence-electron chi connectivity index (χ1n) is 6.05. The zero-order valence-corrected chi connectivity index (χ0v) is 10.6. The minimum absolute atomic E-state index is 0.0254. The Bertz CT molecular complexity index is 518. The molecule has 0 amide bonds. The lowest BCUT2D eigenvalue weighted by Crippen LogP contribution is -2.22. The Balaban J connectivity index is 2.11. The summed E-state index contributed by atoms with van der Waals surface area (Å²) in [5.41, 5.74) is 0.715. The summed E-state index contributed by atoms with van der Waals surface area (Å²) >= 11 is 0. The Labute approximate surface area is 110 Å². The van der Waals surface area contributed by atoms with Crippen molar-refractivity contribution in [3.05, 3.63) is 27.9 Å². The molecule has 1 aromatic rings. The molecule has 1 N–H and O–H groups in total. The predicted octanol–water partition coefficient (Wildman–Crippen LogP) is 1.60. The maximum atomic E-state index is 10.7. The van der Waals surface area contributed by atoms with Crippen LogP contribution in [0.3, 0.4) is 0 Å². The highest BCUT2D eigenvalue weighted by Crippen LogP contribution is 2.28. The fourth-order valence-corrected chi connectivity index (χ4v) is 2.42. The summed E-state index contributed by atoms with van der Waals surface area (Å²) in [6, 6.07) is 1.49. The molecule has 0 bridgehead atoms. The van der Waals surface area contributed by atoms with Gasteiger partial charge < -0.3 is 10.0 Å². The summed E-state index contributed by atoms with van der Waals surface area (Å²) in [6.07, 6.45) is 2.21. The maximum absolute atomic E-state index is 10.7. The van der Waals surface area contributed by atoms with Crippen LogP contribution < -0.4 is 4.90 Å². The van der Waals surface area contributed by atoms with Gasteiger partial charge in [0.2, 0.25) is 0 Å². The van der Waals surface area contributed by atoms with E-state index in [2.05, 4.69) is 4.98 Å². The first kappa shape index (κ1) is 13.3. The number of rotatable bonds is 4. The molecule has 7 heteroatoms. The standard InChI is InChI=1S/C12H15N3O4/c1-8-4-10(15(18)19)6-13-12(8)14-3-2-9(7-14)5-11(16)17/h4,6,9H,2-3,5,7H2,1H3,(H,16,17). The van der Waals surface area contributed by atoms with Crippen LogP contribution in [-0.2, 0) is 4.79 Å². The topological polar surface area (TPSA) is 96.6 Å². The number of pyridine rings is 1. The molecule has 102 valence electrons. The maximum Gasteiger partial charge on any atom is 0.303 e. The van der Waals surface area contributed by atoms with Gasteiger partial charge in [-0.1, -0.05) is 0 Å². The summed E-state index contributed by atoms with van der Waals surface area (Å²) in [6.45, 7) is 3.15.